The summed E-state index contributed by atoms with van der Waals surface area (Å²) in [7, 11) is 0. The maximum atomic E-state index is 13.8. The van der Waals surface area contributed by atoms with E-state index in [1.54, 1.807) is 6.26 Å². The highest BCUT2D eigenvalue weighted by atomic mass is 35.5. The standard InChI is InChI=1S/C31H33ClN4O3/c1-31(2)18-24-29(26(37)19-31)30(27-8-5-17-39-27)36(25-7-4-3-6-23(25)33-24)20-28(38)35-15-13-34(14-16-35)22-11-9-21(32)10-12-22/h3-12,17,30,33H,13-16,18-20H2,1-2H3. The van der Waals surface area contributed by atoms with Gasteiger partial charge in [0.2, 0.25) is 5.91 Å². The Balaban J connectivity index is 1.31. The Labute approximate surface area is 234 Å². The lowest BCUT2D eigenvalue weighted by atomic mass is 9.74. The number of carbonyl (C=O) groups is 2. The number of nitrogens with one attached hydrogen (secondary N) is 1. The van der Waals surface area contributed by atoms with Crippen LogP contribution in [0.4, 0.5) is 17.1 Å². The molecular weight excluding hydrogens is 512 g/mol. The summed E-state index contributed by atoms with van der Waals surface area (Å²) in [5, 5.41) is 4.30. The molecule has 1 amide bonds. The number of Topliss-reactive ketones (excluding diaryl/α,β-unsaturated/α-hetero) is 1. The number of halogens is 1. The minimum atomic E-state index is -0.492. The first-order chi connectivity index (χ1) is 18.8. The molecule has 3 heterocycles. The van der Waals surface area contributed by atoms with Crippen molar-refractivity contribution in [2.45, 2.75) is 32.7 Å². The van der Waals surface area contributed by atoms with Crippen molar-refractivity contribution in [3.05, 3.63) is 89.0 Å². The van der Waals surface area contributed by atoms with E-state index in [1.807, 2.05) is 70.5 Å². The SMILES string of the molecule is CC1(C)CC(=O)C2=C(C1)Nc1ccccc1N(CC(=O)N1CCN(c3ccc(Cl)cc3)CC1)C2c1ccco1. The van der Waals surface area contributed by atoms with Gasteiger partial charge in [-0.1, -0.05) is 37.6 Å². The van der Waals surface area contributed by atoms with E-state index >= 15 is 0 Å². The van der Waals surface area contributed by atoms with Gasteiger partial charge in [-0.2, -0.15) is 0 Å². The maximum absolute atomic E-state index is 13.8. The Kier molecular flexibility index (Phi) is 6.63. The average Bonchev–Trinajstić information content (AvgIpc) is 3.40. The number of benzene rings is 2. The third-order valence-electron chi connectivity index (χ3n) is 7.95. The van der Waals surface area contributed by atoms with Crippen LogP contribution in [-0.2, 0) is 9.59 Å². The van der Waals surface area contributed by atoms with Crippen molar-refractivity contribution in [3.63, 3.8) is 0 Å². The molecule has 1 N–H and O–H groups in total. The summed E-state index contributed by atoms with van der Waals surface area (Å²) in [5.74, 6) is 0.788. The Morgan fingerprint density at radius 2 is 1.74 bits per heavy atom. The number of furan rings is 1. The van der Waals surface area contributed by atoms with E-state index in [0.29, 0.717) is 35.9 Å². The summed E-state index contributed by atoms with van der Waals surface area (Å²) in [6, 6.07) is 19.0. The predicted octanol–water partition coefficient (Wildman–Crippen LogP) is 5.90. The summed E-state index contributed by atoms with van der Waals surface area (Å²) in [6.45, 7) is 7.13. The monoisotopic (exact) mass is 544 g/mol. The molecule has 0 bridgehead atoms. The van der Waals surface area contributed by atoms with E-state index in [2.05, 4.69) is 24.1 Å². The third-order valence-corrected chi connectivity index (χ3v) is 8.20. The highest BCUT2D eigenvalue weighted by Crippen LogP contribution is 2.48. The van der Waals surface area contributed by atoms with Crippen LogP contribution in [0.1, 0.15) is 38.5 Å². The Bertz CT molecular complexity index is 1410. The highest BCUT2D eigenvalue weighted by molar-refractivity contribution is 6.30. The highest BCUT2D eigenvalue weighted by Gasteiger charge is 2.43. The van der Waals surface area contributed by atoms with E-state index in [4.69, 9.17) is 16.0 Å². The number of anilines is 3. The van der Waals surface area contributed by atoms with Crippen LogP contribution in [0.2, 0.25) is 5.02 Å². The van der Waals surface area contributed by atoms with Crippen LogP contribution in [0.25, 0.3) is 0 Å². The number of piperazine rings is 1. The van der Waals surface area contributed by atoms with Gasteiger partial charge in [0, 0.05) is 54.6 Å². The summed E-state index contributed by atoms with van der Waals surface area (Å²) in [4.78, 5) is 33.8. The normalized spacial score (nSPS) is 20.7. The van der Waals surface area contributed by atoms with Gasteiger partial charge in [-0.25, -0.2) is 0 Å². The molecule has 1 fully saturated rings. The minimum absolute atomic E-state index is 0.0322. The molecule has 1 atom stereocenters. The predicted molar refractivity (Wildman–Crippen MR) is 154 cm³/mol. The maximum Gasteiger partial charge on any atom is 0.242 e. The molecule has 2 aliphatic heterocycles. The Morgan fingerprint density at radius 3 is 2.46 bits per heavy atom. The number of para-hydroxylation sites is 2. The molecule has 8 heteroatoms. The number of nitrogens with zero attached hydrogens (tertiary/aromatic N) is 3. The first kappa shape index (κ1) is 25.6. The number of rotatable bonds is 4. The fourth-order valence-electron chi connectivity index (χ4n) is 6.08. The number of hydrogen-bond donors (Lipinski definition) is 1. The molecule has 0 radical (unpaired) electrons. The molecular formula is C31H33ClN4O3. The van der Waals surface area contributed by atoms with Crippen molar-refractivity contribution in [3.8, 4) is 0 Å². The van der Waals surface area contributed by atoms with E-state index < -0.39 is 6.04 Å². The van der Waals surface area contributed by atoms with Crippen LogP contribution in [0.15, 0.2) is 82.6 Å². The van der Waals surface area contributed by atoms with Gasteiger partial charge in [0.1, 0.15) is 11.8 Å². The van der Waals surface area contributed by atoms with Crippen LogP contribution in [0.3, 0.4) is 0 Å². The average molecular weight is 545 g/mol. The summed E-state index contributed by atoms with van der Waals surface area (Å²) < 4.78 is 5.92. The molecule has 1 aromatic heterocycles. The molecule has 6 rings (SSSR count). The fraction of sp³-hybridized carbons (Fsp3) is 0.355. The Morgan fingerprint density at radius 1 is 1.00 bits per heavy atom. The number of ketones is 1. The lowest BCUT2D eigenvalue weighted by Crippen LogP contribution is -2.52. The number of carbonyl (C=O) groups excluding carboxylic acids is 2. The quantitative estimate of drug-likeness (QED) is 0.441. The molecule has 3 aromatic rings. The number of allylic oxidation sites excluding steroid dienone is 1. The van der Waals surface area contributed by atoms with E-state index in [9.17, 15) is 9.59 Å². The van der Waals surface area contributed by atoms with Crippen molar-refractivity contribution in [2.75, 3.05) is 47.8 Å². The van der Waals surface area contributed by atoms with Crippen molar-refractivity contribution in [1.29, 1.82) is 0 Å². The number of amides is 1. The molecule has 39 heavy (non-hydrogen) atoms. The first-order valence-electron chi connectivity index (χ1n) is 13.5. The topological polar surface area (TPSA) is 69.0 Å². The van der Waals surface area contributed by atoms with Crippen molar-refractivity contribution in [2.24, 2.45) is 5.41 Å². The zero-order valence-electron chi connectivity index (χ0n) is 22.3. The summed E-state index contributed by atoms with van der Waals surface area (Å²) >= 11 is 6.06. The van der Waals surface area contributed by atoms with Crippen LogP contribution in [0.5, 0.6) is 0 Å². The van der Waals surface area contributed by atoms with Crippen molar-refractivity contribution in [1.82, 2.24) is 4.90 Å². The van der Waals surface area contributed by atoms with Gasteiger partial charge in [-0.15, -0.1) is 0 Å². The van der Waals surface area contributed by atoms with E-state index in [1.165, 1.54) is 0 Å². The van der Waals surface area contributed by atoms with Gasteiger partial charge in [0.15, 0.2) is 5.78 Å². The molecule has 1 saturated heterocycles. The van der Waals surface area contributed by atoms with Gasteiger partial charge in [-0.05, 0) is 60.4 Å². The second-order valence-electron chi connectivity index (χ2n) is 11.4. The second-order valence-corrected chi connectivity index (χ2v) is 11.8. The molecule has 2 aromatic carbocycles. The van der Waals surface area contributed by atoms with Gasteiger partial charge in [0.25, 0.3) is 0 Å². The zero-order valence-corrected chi connectivity index (χ0v) is 23.1. The van der Waals surface area contributed by atoms with Crippen molar-refractivity contribution >= 4 is 40.4 Å². The van der Waals surface area contributed by atoms with Crippen LogP contribution in [-0.4, -0.2) is 49.3 Å². The molecule has 202 valence electrons. The van der Waals surface area contributed by atoms with Gasteiger partial charge < -0.3 is 24.4 Å². The van der Waals surface area contributed by atoms with Gasteiger partial charge in [0.05, 0.1) is 24.2 Å². The zero-order chi connectivity index (χ0) is 27.1. The molecule has 1 aliphatic carbocycles. The van der Waals surface area contributed by atoms with Crippen LogP contribution < -0.4 is 15.1 Å². The van der Waals surface area contributed by atoms with E-state index in [0.717, 1.165) is 42.3 Å². The Hall–Kier alpha value is -3.71. The molecule has 7 nitrogen and oxygen atoms in total. The molecule has 0 spiro atoms. The third kappa shape index (κ3) is 5.03. The number of fused-ring (bicyclic) bond motifs is 1. The minimum Gasteiger partial charge on any atom is -0.467 e. The first-order valence-corrected chi connectivity index (χ1v) is 13.9. The lowest BCUT2D eigenvalue weighted by molar-refractivity contribution is -0.130. The van der Waals surface area contributed by atoms with Crippen LogP contribution in [0, 0.1) is 5.41 Å². The van der Waals surface area contributed by atoms with Crippen LogP contribution >= 0.6 is 11.6 Å². The summed E-state index contributed by atoms with van der Waals surface area (Å²) in [6.07, 6.45) is 2.83. The molecule has 0 saturated carbocycles. The second kappa shape index (κ2) is 10.1. The van der Waals surface area contributed by atoms with Gasteiger partial charge >= 0.3 is 0 Å². The van der Waals surface area contributed by atoms with E-state index in [-0.39, 0.29) is 23.7 Å². The number of hydrogen-bond acceptors (Lipinski definition) is 6. The fourth-order valence-corrected chi connectivity index (χ4v) is 6.21. The molecule has 1 unspecified atom stereocenters. The summed E-state index contributed by atoms with van der Waals surface area (Å²) in [5.41, 5.74) is 4.34. The smallest absolute Gasteiger partial charge is 0.242 e. The van der Waals surface area contributed by atoms with Gasteiger partial charge in [-0.3, -0.25) is 9.59 Å². The lowest BCUT2D eigenvalue weighted by Gasteiger charge is -2.39. The largest absolute Gasteiger partial charge is 0.467 e. The van der Waals surface area contributed by atoms with Crippen molar-refractivity contribution < 1.29 is 14.0 Å². The molecule has 3 aliphatic rings.